The number of aryl methyl sites for hydroxylation is 2. The van der Waals surface area contributed by atoms with E-state index in [9.17, 15) is 8.78 Å². The zero-order valence-corrected chi connectivity index (χ0v) is 26.6. The third kappa shape index (κ3) is 6.47. The van der Waals surface area contributed by atoms with Crippen LogP contribution < -0.4 is 0 Å². The summed E-state index contributed by atoms with van der Waals surface area (Å²) < 4.78 is 28.9. The van der Waals surface area contributed by atoms with E-state index in [1.807, 2.05) is 62.4 Å². The van der Waals surface area contributed by atoms with E-state index in [4.69, 9.17) is 0 Å². The minimum atomic E-state index is -0.148. The highest BCUT2D eigenvalue weighted by Crippen LogP contribution is 2.42. The first-order valence-electron chi connectivity index (χ1n) is 15.3. The molecular weight excluding hydrogens is 583 g/mol. The van der Waals surface area contributed by atoms with Gasteiger partial charge in [0.25, 0.3) is 0 Å². The van der Waals surface area contributed by atoms with Crippen LogP contribution in [0.3, 0.4) is 0 Å². The Hall–Kier alpha value is -3.86. The van der Waals surface area contributed by atoms with Gasteiger partial charge in [0.1, 0.15) is 11.6 Å². The van der Waals surface area contributed by atoms with Crippen LogP contribution in [0.25, 0.3) is 43.1 Å². The second-order valence-corrected chi connectivity index (χ2v) is 14.6. The van der Waals surface area contributed by atoms with Crippen LogP contribution in [-0.2, 0) is 0 Å². The van der Waals surface area contributed by atoms with Gasteiger partial charge in [-0.05, 0) is 133 Å². The smallest absolute Gasteiger partial charge is 0.132 e. The maximum absolute atomic E-state index is 14.5. The molecule has 2 aliphatic carbocycles. The fourth-order valence-corrected chi connectivity index (χ4v) is 7.47. The minimum Gasteiger partial charge on any atom is -0.206 e. The molecule has 0 radical (unpaired) electrons. The average Bonchev–Trinajstić information content (AvgIpc) is 3.98. The molecule has 0 unspecified atom stereocenters. The topological polar surface area (TPSA) is 0 Å². The molecule has 0 nitrogen and oxygen atoms in total. The van der Waals surface area contributed by atoms with Crippen LogP contribution in [0.5, 0.6) is 0 Å². The van der Waals surface area contributed by atoms with Crippen molar-refractivity contribution in [2.45, 2.75) is 51.4 Å². The van der Waals surface area contributed by atoms with Crippen molar-refractivity contribution in [3.8, 4) is 43.1 Å². The average molecular weight is 617 g/mol. The Morgan fingerprint density at radius 3 is 1.11 bits per heavy atom. The van der Waals surface area contributed by atoms with E-state index in [0.29, 0.717) is 11.1 Å². The molecule has 44 heavy (non-hydrogen) atoms. The Morgan fingerprint density at radius 2 is 0.818 bits per heavy atom. The number of halogens is 2. The SMILES string of the molecule is Cc1ccc(-c2ccc(-c3ccc(C4CC4)cc3)cc2F)s1.Cc1ccc(-c2ccc(-c3ccc(C4CC4)cc3)cc2F)s1. The van der Waals surface area contributed by atoms with Crippen molar-refractivity contribution < 1.29 is 8.78 Å². The Balaban J connectivity index is 0.000000142. The van der Waals surface area contributed by atoms with E-state index in [1.54, 1.807) is 34.8 Å². The third-order valence-electron chi connectivity index (χ3n) is 8.54. The van der Waals surface area contributed by atoms with Gasteiger partial charge in [-0.3, -0.25) is 0 Å². The van der Waals surface area contributed by atoms with Crippen LogP contribution in [0.2, 0.25) is 0 Å². The summed E-state index contributed by atoms with van der Waals surface area (Å²) in [4.78, 5) is 4.39. The summed E-state index contributed by atoms with van der Waals surface area (Å²) >= 11 is 3.26. The van der Waals surface area contributed by atoms with Gasteiger partial charge >= 0.3 is 0 Å². The van der Waals surface area contributed by atoms with Gasteiger partial charge in [-0.15, -0.1) is 22.7 Å². The highest BCUT2D eigenvalue weighted by molar-refractivity contribution is 7.15. The second-order valence-electron chi connectivity index (χ2n) is 12.0. The molecule has 8 rings (SSSR count). The first kappa shape index (κ1) is 28.9. The van der Waals surface area contributed by atoms with E-state index >= 15 is 0 Å². The lowest BCUT2D eigenvalue weighted by Crippen LogP contribution is -1.86. The zero-order valence-electron chi connectivity index (χ0n) is 24.9. The van der Waals surface area contributed by atoms with Gasteiger partial charge < -0.3 is 0 Å². The summed E-state index contributed by atoms with van der Waals surface area (Å²) in [6, 6.07) is 36.3. The molecule has 0 N–H and O–H groups in total. The fraction of sp³-hybridized carbons (Fsp3) is 0.200. The standard InChI is InChI=1S/2C20H17FS/c2*1-13-2-11-20(22-13)18-10-9-17(12-19(18)21)16-7-5-15(6-8-16)14-3-4-14/h2*2,5-12,14H,3-4H2,1H3. The predicted octanol–water partition coefficient (Wildman–Crippen LogP) is 12.8. The van der Waals surface area contributed by atoms with E-state index < -0.39 is 0 Å². The van der Waals surface area contributed by atoms with E-state index in [2.05, 4.69) is 48.5 Å². The lowest BCUT2D eigenvalue weighted by Gasteiger charge is -2.06. The summed E-state index contributed by atoms with van der Waals surface area (Å²) in [6.07, 6.45) is 5.23. The summed E-state index contributed by atoms with van der Waals surface area (Å²) in [5.74, 6) is 1.22. The normalized spacial score (nSPS) is 14.3. The van der Waals surface area contributed by atoms with Crippen molar-refractivity contribution >= 4 is 22.7 Å². The maximum atomic E-state index is 14.5. The number of rotatable bonds is 6. The highest BCUT2D eigenvalue weighted by Gasteiger charge is 2.24. The second kappa shape index (κ2) is 12.3. The van der Waals surface area contributed by atoms with Crippen LogP contribution in [-0.4, -0.2) is 0 Å². The Labute approximate surface area is 266 Å². The molecule has 2 fully saturated rings. The van der Waals surface area contributed by atoms with Crippen molar-refractivity contribution in [1.29, 1.82) is 0 Å². The van der Waals surface area contributed by atoms with Crippen molar-refractivity contribution in [3.05, 3.63) is 142 Å². The lowest BCUT2D eigenvalue weighted by atomic mass is 10.0. The summed E-state index contributed by atoms with van der Waals surface area (Å²) in [5, 5.41) is 0. The molecule has 6 aromatic rings. The van der Waals surface area contributed by atoms with Crippen molar-refractivity contribution in [2.24, 2.45) is 0 Å². The summed E-state index contributed by atoms with van der Waals surface area (Å²) in [5.41, 5.74) is 8.25. The molecular formula is C40H34F2S2. The molecule has 2 aliphatic rings. The molecule has 0 atom stereocenters. The molecule has 0 saturated heterocycles. The van der Waals surface area contributed by atoms with Crippen LogP contribution in [0.4, 0.5) is 8.78 Å². The molecule has 0 bridgehead atoms. The fourth-order valence-electron chi connectivity index (χ4n) is 5.68. The monoisotopic (exact) mass is 616 g/mol. The lowest BCUT2D eigenvalue weighted by molar-refractivity contribution is 0.632. The predicted molar refractivity (Wildman–Crippen MR) is 184 cm³/mol. The van der Waals surface area contributed by atoms with Gasteiger partial charge in [-0.25, -0.2) is 8.78 Å². The van der Waals surface area contributed by atoms with Crippen LogP contribution in [0.1, 0.15) is 58.4 Å². The number of benzene rings is 4. The first-order chi connectivity index (χ1) is 21.4. The summed E-state index contributed by atoms with van der Waals surface area (Å²) in [7, 11) is 0. The highest BCUT2D eigenvalue weighted by atomic mass is 32.1. The first-order valence-corrected chi connectivity index (χ1v) is 17.0. The van der Waals surface area contributed by atoms with Crippen molar-refractivity contribution in [2.75, 3.05) is 0 Å². The largest absolute Gasteiger partial charge is 0.206 e. The van der Waals surface area contributed by atoms with Gasteiger partial charge in [-0.2, -0.15) is 0 Å². The number of hydrogen-bond acceptors (Lipinski definition) is 2. The molecule has 4 aromatic carbocycles. The number of thiophene rings is 2. The molecule has 2 aromatic heterocycles. The van der Waals surface area contributed by atoms with Crippen LogP contribution in [0.15, 0.2) is 109 Å². The molecule has 2 heterocycles. The van der Waals surface area contributed by atoms with Gasteiger partial charge in [0, 0.05) is 30.6 Å². The maximum Gasteiger partial charge on any atom is 0.132 e. The molecule has 220 valence electrons. The quantitative estimate of drug-likeness (QED) is 0.175. The minimum absolute atomic E-state index is 0.148. The molecule has 0 aliphatic heterocycles. The van der Waals surface area contributed by atoms with Crippen molar-refractivity contribution in [3.63, 3.8) is 0 Å². The van der Waals surface area contributed by atoms with Gasteiger partial charge in [0.05, 0.1) is 0 Å². The Bertz CT molecular complexity index is 1760. The van der Waals surface area contributed by atoms with E-state index in [0.717, 1.165) is 43.8 Å². The molecule has 0 amide bonds. The zero-order chi connectivity index (χ0) is 30.2. The molecule has 0 spiro atoms. The molecule has 2 saturated carbocycles. The van der Waals surface area contributed by atoms with Gasteiger partial charge in [-0.1, -0.05) is 60.7 Å². The molecule has 4 heteroatoms. The van der Waals surface area contributed by atoms with Crippen LogP contribution in [0, 0.1) is 25.5 Å². The van der Waals surface area contributed by atoms with Gasteiger partial charge in [0.15, 0.2) is 0 Å². The van der Waals surface area contributed by atoms with Gasteiger partial charge in [0.2, 0.25) is 0 Å². The van der Waals surface area contributed by atoms with E-state index in [-0.39, 0.29) is 11.6 Å². The Morgan fingerprint density at radius 1 is 0.455 bits per heavy atom. The van der Waals surface area contributed by atoms with E-state index in [1.165, 1.54) is 46.6 Å². The van der Waals surface area contributed by atoms with Crippen molar-refractivity contribution in [1.82, 2.24) is 0 Å². The third-order valence-corrected chi connectivity index (χ3v) is 10.6. The number of hydrogen-bond donors (Lipinski definition) is 0. The summed E-state index contributed by atoms with van der Waals surface area (Å²) in [6.45, 7) is 4.09. The van der Waals surface area contributed by atoms with Crippen LogP contribution >= 0.6 is 22.7 Å². The Kier molecular flexibility index (Phi) is 8.05.